The number of rotatable bonds is 3. The fraction of sp³-hybridized carbons (Fsp3) is 0.733. The normalized spacial score (nSPS) is 22.7. The second-order valence-electron chi connectivity index (χ2n) is 6.25. The lowest BCUT2D eigenvalue weighted by molar-refractivity contribution is 0.177. The summed E-state index contributed by atoms with van der Waals surface area (Å²) in [5.41, 5.74) is 6.43. The second-order valence-corrected chi connectivity index (χ2v) is 6.25. The first-order valence-electron chi connectivity index (χ1n) is 7.02. The van der Waals surface area contributed by atoms with Gasteiger partial charge in [-0.2, -0.15) is 0 Å². The van der Waals surface area contributed by atoms with Gasteiger partial charge in [-0.05, 0) is 56.8 Å². The number of furan rings is 1. The minimum absolute atomic E-state index is 0.243. The molecule has 0 aromatic carbocycles. The Hall–Kier alpha value is -0.800. The molecule has 0 aliphatic carbocycles. The third-order valence-electron chi connectivity index (χ3n) is 4.13. The van der Waals surface area contributed by atoms with Gasteiger partial charge in [0.25, 0.3) is 0 Å². The van der Waals surface area contributed by atoms with Crippen molar-refractivity contribution in [2.24, 2.45) is 11.1 Å². The molecule has 3 nitrogen and oxygen atoms in total. The van der Waals surface area contributed by atoms with Crippen molar-refractivity contribution in [3.8, 4) is 0 Å². The first-order valence-corrected chi connectivity index (χ1v) is 7.02. The van der Waals surface area contributed by atoms with Crippen LogP contribution in [0.3, 0.4) is 0 Å². The lowest BCUT2D eigenvalue weighted by Crippen LogP contribution is -2.34. The minimum Gasteiger partial charge on any atom is -0.465 e. The summed E-state index contributed by atoms with van der Waals surface area (Å²) in [6.45, 7) is 9.60. The third-order valence-corrected chi connectivity index (χ3v) is 4.13. The highest BCUT2D eigenvalue weighted by molar-refractivity contribution is 5.10. The molecule has 2 heterocycles. The molecular formula is C15H26N2O. The fourth-order valence-electron chi connectivity index (χ4n) is 2.83. The van der Waals surface area contributed by atoms with Gasteiger partial charge in [-0.15, -0.1) is 0 Å². The zero-order valence-electron chi connectivity index (χ0n) is 11.9. The van der Waals surface area contributed by atoms with Gasteiger partial charge in [-0.1, -0.05) is 13.8 Å². The number of aryl methyl sites for hydroxylation is 1. The van der Waals surface area contributed by atoms with Gasteiger partial charge < -0.3 is 10.2 Å². The highest BCUT2D eigenvalue weighted by atomic mass is 16.3. The van der Waals surface area contributed by atoms with E-state index in [4.69, 9.17) is 10.2 Å². The number of likely N-dealkylation sites (tertiary alicyclic amines) is 1. The summed E-state index contributed by atoms with van der Waals surface area (Å²) in [6.07, 6.45) is 3.80. The van der Waals surface area contributed by atoms with Gasteiger partial charge in [-0.25, -0.2) is 0 Å². The topological polar surface area (TPSA) is 42.4 Å². The Bertz CT molecular complexity index is 384. The summed E-state index contributed by atoms with van der Waals surface area (Å²) in [6, 6.07) is 4.34. The summed E-state index contributed by atoms with van der Waals surface area (Å²) < 4.78 is 5.76. The predicted molar refractivity (Wildman–Crippen MR) is 74.4 cm³/mol. The molecule has 1 unspecified atom stereocenters. The van der Waals surface area contributed by atoms with Gasteiger partial charge in [0.1, 0.15) is 11.5 Å². The van der Waals surface area contributed by atoms with Gasteiger partial charge in [0.05, 0.1) is 6.04 Å². The van der Waals surface area contributed by atoms with E-state index in [1.165, 1.54) is 19.3 Å². The first kappa shape index (κ1) is 13.6. The van der Waals surface area contributed by atoms with Crippen molar-refractivity contribution in [3.63, 3.8) is 0 Å². The fourth-order valence-corrected chi connectivity index (χ4v) is 2.83. The molecule has 1 aliphatic rings. The number of nitrogens with two attached hydrogens (primary N) is 1. The monoisotopic (exact) mass is 250 g/mol. The highest BCUT2D eigenvalue weighted by Crippen LogP contribution is 2.33. The third kappa shape index (κ3) is 3.15. The Morgan fingerprint density at radius 1 is 1.33 bits per heavy atom. The van der Waals surface area contributed by atoms with Crippen LogP contribution in [0.2, 0.25) is 0 Å². The van der Waals surface area contributed by atoms with Gasteiger partial charge in [0, 0.05) is 6.54 Å². The average molecular weight is 250 g/mol. The van der Waals surface area contributed by atoms with E-state index in [9.17, 15) is 0 Å². The van der Waals surface area contributed by atoms with Crippen LogP contribution in [0, 0.1) is 12.3 Å². The Labute approximate surface area is 110 Å². The van der Waals surface area contributed by atoms with Crippen LogP contribution >= 0.6 is 0 Å². The number of nitrogens with zero attached hydrogens (tertiary/aromatic N) is 1. The van der Waals surface area contributed by atoms with Crippen molar-refractivity contribution in [1.82, 2.24) is 4.90 Å². The van der Waals surface area contributed by atoms with Gasteiger partial charge in [0.15, 0.2) is 0 Å². The van der Waals surface area contributed by atoms with Crippen molar-refractivity contribution in [2.75, 3.05) is 19.6 Å². The summed E-state index contributed by atoms with van der Waals surface area (Å²) in [7, 11) is 0. The maximum absolute atomic E-state index is 5.96. The Balaban J connectivity index is 2.08. The van der Waals surface area contributed by atoms with Crippen LogP contribution in [0.4, 0.5) is 0 Å². The molecule has 0 bridgehead atoms. The Morgan fingerprint density at radius 3 is 2.72 bits per heavy atom. The van der Waals surface area contributed by atoms with Crippen molar-refractivity contribution in [2.45, 2.75) is 46.1 Å². The number of hydrogen-bond acceptors (Lipinski definition) is 3. The lowest BCUT2D eigenvalue weighted by atomic mass is 9.85. The lowest BCUT2D eigenvalue weighted by Gasteiger charge is -2.29. The first-order chi connectivity index (χ1) is 8.52. The smallest absolute Gasteiger partial charge is 0.122 e. The molecule has 1 atom stereocenters. The summed E-state index contributed by atoms with van der Waals surface area (Å²) in [4.78, 5) is 2.49. The highest BCUT2D eigenvalue weighted by Gasteiger charge is 2.28. The van der Waals surface area contributed by atoms with E-state index in [1.54, 1.807) is 0 Å². The van der Waals surface area contributed by atoms with Gasteiger partial charge in [-0.3, -0.25) is 4.90 Å². The minimum atomic E-state index is 0.243. The van der Waals surface area contributed by atoms with Crippen LogP contribution in [-0.4, -0.2) is 24.5 Å². The van der Waals surface area contributed by atoms with Crippen molar-refractivity contribution >= 4 is 0 Å². The maximum Gasteiger partial charge on any atom is 0.122 e. The molecule has 1 aromatic heterocycles. The van der Waals surface area contributed by atoms with Crippen LogP contribution in [0.5, 0.6) is 0 Å². The van der Waals surface area contributed by atoms with Crippen LogP contribution in [0.15, 0.2) is 16.5 Å². The van der Waals surface area contributed by atoms with Gasteiger partial charge >= 0.3 is 0 Å². The average Bonchev–Trinajstić information content (AvgIpc) is 2.64. The van der Waals surface area contributed by atoms with E-state index >= 15 is 0 Å². The van der Waals surface area contributed by atoms with E-state index in [0.717, 1.165) is 24.6 Å². The molecule has 1 fully saturated rings. The molecule has 0 spiro atoms. The molecule has 0 radical (unpaired) electrons. The summed E-state index contributed by atoms with van der Waals surface area (Å²) in [5.74, 6) is 1.99. The van der Waals surface area contributed by atoms with Crippen LogP contribution in [0.25, 0.3) is 0 Å². The Kier molecular flexibility index (Phi) is 4.13. The molecule has 1 saturated heterocycles. The van der Waals surface area contributed by atoms with E-state index < -0.39 is 0 Å². The zero-order valence-corrected chi connectivity index (χ0v) is 11.9. The summed E-state index contributed by atoms with van der Waals surface area (Å²) >= 11 is 0. The van der Waals surface area contributed by atoms with E-state index in [2.05, 4.69) is 24.8 Å². The molecule has 1 aliphatic heterocycles. The maximum atomic E-state index is 5.96. The molecule has 18 heavy (non-hydrogen) atoms. The molecule has 0 amide bonds. The summed E-state index contributed by atoms with van der Waals surface area (Å²) in [5, 5.41) is 0. The molecule has 0 saturated carbocycles. The molecular weight excluding hydrogens is 224 g/mol. The van der Waals surface area contributed by atoms with E-state index in [-0.39, 0.29) is 6.04 Å². The van der Waals surface area contributed by atoms with E-state index in [0.29, 0.717) is 12.0 Å². The molecule has 2 N–H and O–H groups in total. The van der Waals surface area contributed by atoms with Crippen molar-refractivity contribution in [3.05, 3.63) is 23.7 Å². The van der Waals surface area contributed by atoms with E-state index in [1.807, 2.05) is 13.0 Å². The van der Waals surface area contributed by atoms with Crippen molar-refractivity contribution in [1.29, 1.82) is 0 Å². The quantitative estimate of drug-likeness (QED) is 0.896. The second kappa shape index (κ2) is 5.45. The largest absolute Gasteiger partial charge is 0.465 e. The molecule has 102 valence electrons. The standard InChI is InChI=1S/C15H26N2O/c1-12-5-6-14(18-12)13(11-16)17-9-4-7-15(2,3)8-10-17/h5-6,13H,4,7-11,16H2,1-3H3. The van der Waals surface area contributed by atoms with Crippen molar-refractivity contribution < 1.29 is 4.42 Å². The SMILES string of the molecule is Cc1ccc(C(CN)N2CCCC(C)(C)CC2)o1. The molecule has 1 aromatic rings. The number of hydrogen-bond donors (Lipinski definition) is 1. The van der Waals surface area contributed by atoms with Crippen LogP contribution in [0.1, 0.15) is 50.7 Å². The molecule has 2 rings (SSSR count). The van der Waals surface area contributed by atoms with Crippen LogP contribution in [-0.2, 0) is 0 Å². The Morgan fingerprint density at radius 2 is 2.11 bits per heavy atom. The zero-order chi connectivity index (χ0) is 13.2. The predicted octanol–water partition coefficient (Wildman–Crippen LogP) is 3.10. The van der Waals surface area contributed by atoms with Gasteiger partial charge in [0.2, 0.25) is 0 Å². The van der Waals surface area contributed by atoms with Crippen LogP contribution < -0.4 is 5.73 Å². The molecule has 3 heteroatoms.